The van der Waals surface area contributed by atoms with E-state index >= 15 is 0 Å². The number of nitrogens with zero attached hydrogens (tertiary/aromatic N) is 1. The lowest BCUT2D eigenvalue weighted by molar-refractivity contribution is -0.115. The van der Waals surface area contributed by atoms with Gasteiger partial charge in [0, 0.05) is 17.3 Å². The van der Waals surface area contributed by atoms with Crippen molar-refractivity contribution in [1.82, 2.24) is 5.16 Å². The van der Waals surface area contributed by atoms with Crippen LogP contribution in [0.5, 0.6) is 11.5 Å². The van der Waals surface area contributed by atoms with Crippen molar-refractivity contribution in [3.8, 4) is 22.8 Å². The number of amides is 1. The fraction of sp³-hybridized carbons (Fsp3) is 0.238. The maximum Gasteiger partial charge on any atom is 0.230 e. The third-order valence-electron chi connectivity index (χ3n) is 4.24. The van der Waals surface area contributed by atoms with E-state index in [0.717, 1.165) is 22.4 Å². The molecule has 6 nitrogen and oxygen atoms in total. The molecule has 1 aromatic heterocycles. The lowest BCUT2D eigenvalue weighted by atomic mass is 10.1. The predicted octanol–water partition coefficient (Wildman–Crippen LogP) is 4.16. The number of rotatable bonds is 6. The molecule has 0 saturated heterocycles. The fourth-order valence-electron chi connectivity index (χ4n) is 2.75. The highest BCUT2D eigenvalue weighted by Gasteiger charge is 2.14. The molecule has 0 saturated carbocycles. The van der Waals surface area contributed by atoms with Gasteiger partial charge in [-0.25, -0.2) is 0 Å². The van der Waals surface area contributed by atoms with Gasteiger partial charge in [-0.3, -0.25) is 4.79 Å². The van der Waals surface area contributed by atoms with Gasteiger partial charge in [-0.05, 0) is 49.2 Å². The van der Waals surface area contributed by atoms with Crippen LogP contribution >= 0.6 is 0 Å². The molecule has 0 aliphatic carbocycles. The first-order valence-electron chi connectivity index (χ1n) is 8.55. The Kier molecular flexibility index (Phi) is 5.45. The summed E-state index contributed by atoms with van der Waals surface area (Å²) in [6.45, 7) is 3.95. The van der Waals surface area contributed by atoms with Gasteiger partial charge in [0.2, 0.25) is 5.91 Å². The third kappa shape index (κ3) is 4.28. The molecule has 27 heavy (non-hydrogen) atoms. The normalized spacial score (nSPS) is 10.5. The minimum absolute atomic E-state index is 0.129. The molecular formula is C21H22N2O4. The van der Waals surface area contributed by atoms with Crippen molar-refractivity contribution in [2.45, 2.75) is 20.3 Å². The number of benzene rings is 2. The van der Waals surface area contributed by atoms with Crippen molar-refractivity contribution in [2.24, 2.45) is 0 Å². The van der Waals surface area contributed by atoms with Gasteiger partial charge >= 0.3 is 0 Å². The van der Waals surface area contributed by atoms with Gasteiger partial charge in [0.05, 0.1) is 26.3 Å². The molecule has 6 heteroatoms. The van der Waals surface area contributed by atoms with Gasteiger partial charge in [-0.15, -0.1) is 0 Å². The molecule has 0 aliphatic rings. The van der Waals surface area contributed by atoms with Gasteiger partial charge in [0.15, 0.2) is 17.3 Å². The van der Waals surface area contributed by atoms with Crippen LogP contribution in [0.15, 0.2) is 47.0 Å². The number of hydrogen-bond acceptors (Lipinski definition) is 5. The van der Waals surface area contributed by atoms with Crippen LogP contribution in [0.4, 0.5) is 5.69 Å². The molecule has 0 radical (unpaired) electrons. The standard InChI is InChI=1S/C21H22N2O4/c1-13-5-6-14(2)17(9-13)22-21(24)12-16-11-19(27-23-16)15-7-8-18(25-3)20(10-15)26-4/h5-11H,12H2,1-4H3,(H,22,24). The zero-order valence-electron chi connectivity index (χ0n) is 15.8. The summed E-state index contributed by atoms with van der Waals surface area (Å²) in [5.41, 5.74) is 4.26. The summed E-state index contributed by atoms with van der Waals surface area (Å²) in [6.07, 6.45) is 0.129. The van der Waals surface area contributed by atoms with Gasteiger partial charge in [0.1, 0.15) is 0 Å². The van der Waals surface area contributed by atoms with Crippen LogP contribution in [-0.2, 0) is 11.2 Å². The Bertz CT molecular complexity index is 963. The van der Waals surface area contributed by atoms with Crippen LogP contribution in [0.1, 0.15) is 16.8 Å². The number of carbonyl (C=O) groups is 1. The second kappa shape index (κ2) is 7.95. The molecule has 0 bridgehead atoms. The van der Waals surface area contributed by atoms with Crippen LogP contribution in [-0.4, -0.2) is 25.3 Å². The van der Waals surface area contributed by atoms with E-state index in [1.165, 1.54) is 0 Å². The van der Waals surface area contributed by atoms with Crippen LogP contribution < -0.4 is 14.8 Å². The lowest BCUT2D eigenvalue weighted by Gasteiger charge is -2.08. The summed E-state index contributed by atoms with van der Waals surface area (Å²) < 4.78 is 15.9. The van der Waals surface area contributed by atoms with Gasteiger partial charge in [-0.1, -0.05) is 17.3 Å². The van der Waals surface area contributed by atoms with Crippen molar-refractivity contribution < 1.29 is 18.8 Å². The summed E-state index contributed by atoms with van der Waals surface area (Å²) in [5.74, 6) is 1.65. The number of aromatic nitrogens is 1. The molecule has 3 aromatic rings. The second-order valence-corrected chi connectivity index (χ2v) is 6.30. The van der Waals surface area contributed by atoms with E-state index in [2.05, 4.69) is 10.5 Å². The van der Waals surface area contributed by atoms with Crippen molar-refractivity contribution >= 4 is 11.6 Å². The highest BCUT2D eigenvalue weighted by Crippen LogP contribution is 2.32. The van der Waals surface area contributed by atoms with E-state index in [1.807, 2.05) is 38.1 Å². The lowest BCUT2D eigenvalue weighted by Crippen LogP contribution is -2.15. The Morgan fingerprint density at radius 3 is 2.56 bits per heavy atom. The summed E-state index contributed by atoms with van der Waals surface area (Å²) in [7, 11) is 3.16. The molecule has 0 fully saturated rings. The molecule has 3 rings (SSSR count). The summed E-state index contributed by atoms with van der Waals surface area (Å²) >= 11 is 0. The van der Waals surface area contributed by atoms with Crippen molar-refractivity contribution in [2.75, 3.05) is 19.5 Å². The topological polar surface area (TPSA) is 73.6 Å². The molecule has 1 amide bonds. The average Bonchev–Trinajstić information content (AvgIpc) is 3.12. The smallest absolute Gasteiger partial charge is 0.230 e. The average molecular weight is 366 g/mol. The molecule has 1 N–H and O–H groups in total. The first-order valence-corrected chi connectivity index (χ1v) is 8.55. The molecule has 0 aliphatic heterocycles. The SMILES string of the molecule is COc1ccc(-c2cc(CC(=O)Nc3cc(C)ccc3C)no2)cc1OC. The van der Waals surface area contributed by atoms with E-state index in [1.54, 1.807) is 32.4 Å². The molecule has 0 spiro atoms. The van der Waals surface area contributed by atoms with E-state index in [9.17, 15) is 4.79 Å². The maximum absolute atomic E-state index is 12.3. The molecule has 1 heterocycles. The second-order valence-electron chi connectivity index (χ2n) is 6.30. The molecule has 0 atom stereocenters. The fourth-order valence-corrected chi connectivity index (χ4v) is 2.75. The Morgan fingerprint density at radius 1 is 1.04 bits per heavy atom. The summed E-state index contributed by atoms with van der Waals surface area (Å²) in [5, 5.41) is 6.93. The number of anilines is 1. The number of hydrogen-bond donors (Lipinski definition) is 1. The number of nitrogens with one attached hydrogen (secondary N) is 1. The minimum Gasteiger partial charge on any atom is -0.493 e. The number of carbonyl (C=O) groups excluding carboxylic acids is 1. The van der Waals surface area contributed by atoms with Crippen molar-refractivity contribution in [3.63, 3.8) is 0 Å². The monoisotopic (exact) mass is 366 g/mol. The Balaban J connectivity index is 1.72. The summed E-state index contributed by atoms with van der Waals surface area (Å²) in [6, 6.07) is 13.1. The van der Waals surface area contributed by atoms with Crippen molar-refractivity contribution in [1.29, 1.82) is 0 Å². The van der Waals surface area contributed by atoms with E-state index in [0.29, 0.717) is 23.0 Å². The molecule has 0 unspecified atom stereocenters. The third-order valence-corrected chi connectivity index (χ3v) is 4.24. The number of ether oxygens (including phenoxy) is 2. The highest BCUT2D eigenvalue weighted by atomic mass is 16.5. The number of aryl methyl sites for hydroxylation is 2. The Hall–Kier alpha value is -3.28. The first-order chi connectivity index (χ1) is 13.0. The zero-order chi connectivity index (χ0) is 19.4. The molecular weight excluding hydrogens is 344 g/mol. The van der Waals surface area contributed by atoms with E-state index < -0.39 is 0 Å². The molecule has 2 aromatic carbocycles. The zero-order valence-corrected chi connectivity index (χ0v) is 15.8. The quantitative estimate of drug-likeness (QED) is 0.709. The Labute approximate surface area is 158 Å². The van der Waals surface area contributed by atoms with Gasteiger partial charge in [-0.2, -0.15) is 0 Å². The van der Waals surface area contributed by atoms with Gasteiger partial charge in [0.25, 0.3) is 0 Å². The van der Waals surface area contributed by atoms with E-state index in [4.69, 9.17) is 14.0 Å². The molecule has 140 valence electrons. The van der Waals surface area contributed by atoms with Crippen LogP contribution in [0.2, 0.25) is 0 Å². The Morgan fingerprint density at radius 2 is 1.81 bits per heavy atom. The van der Waals surface area contributed by atoms with Crippen LogP contribution in [0.25, 0.3) is 11.3 Å². The van der Waals surface area contributed by atoms with Gasteiger partial charge < -0.3 is 19.3 Å². The van der Waals surface area contributed by atoms with Crippen LogP contribution in [0, 0.1) is 13.8 Å². The van der Waals surface area contributed by atoms with E-state index in [-0.39, 0.29) is 12.3 Å². The minimum atomic E-state index is -0.143. The predicted molar refractivity (Wildman–Crippen MR) is 103 cm³/mol. The van der Waals surface area contributed by atoms with Crippen LogP contribution in [0.3, 0.4) is 0 Å². The number of methoxy groups -OCH3 is 2. The summed E-state index contributed by atoms with van der Waals surface area (Å²) in [4.78, 5) is 12.3. The maximum atomic E-state index is 12.3. The first kappa shape index (κ1) is 18.5. The largest absolute Gasteiger partial charge is 0.493 e. The van der Waals surface area contributed by atoms with Crippen molar-refractivity contribution in [3.05, 3.63) is 59.3 Å². The highest BCUT2D eigenvalue weighted by molar-refractivity contribution is 5.93.